The highest BCUT2D eigenvalue weighted by Gasteiger charge is 2.03. The van der Waals surface area contributed by atoms with Gasteiger partial charge in [-0.25, -0.2) is 0 Å². The summed E-state index contributed by atoms with van der Waals surface area (Å²) in [6, 6.07) is 5.15. The summed E-state index contributed by atoms with van der Waals surface area (Å²) in [5.74, 6) is 1.46. The van der Waals surface area contributed by atoms with E-state index in [4.69, 9.17) is 33.0 Å². The SMILES string of the molecule is CC(CO)SCCOc1ccc(Cl)cc1Cl. The Kier molecular flexibility index (Phi) is 6.36. The Labute approximate surface area is 110 Å². The largest absolute Gasteiger partial charge is 0.491 e. The van der Waals surface area contributed by atoms with Crippen LogP contribution in [0.15, 0.2) is 18.2 Å². The van der Waals surface area contributed by atoms with Crippen LogP contribution in [0.25, 0.3) is 0 Å². The third-order valence-corrected chi connectivity index (χ3v) is 3.55. The Morgan fingerprint density at radius 1 is 1.44 bits per heavy atom. The molecule has 16 heavy (non-hydrogen) atoms. The fourth-order valence-corrected chi connectivity index (χ4v) is 2.20. The van der Waals surface area contributed by atoms with E-state index in [1.807, 2.05) is 6.92 Å². The van der Waals surface area contributed by atoms with Gasteiger partial charge in [-0.1, -0.05) is 30.1 Å². The van der Waals surface area contributed by atoms with Crippen molar-refractivity contribution >= 4 is 35.0 Å². The summed E-state index contributed by atoms with van der Waals surface area (Å²) in [7, 11) is 0. The monoisotopic (exact) mass is 280 g/mol. The lowest BCUT2D eigenvalue weighted by molar-refractivity contribution is 0.299. The fraction of sp³-hybridized carbons (Fsp3) is 0.455. The van der Waals surface area contributed by atoms with Gasteiger partial charge in [-0.15, -0.1) is 0 Å². The van der Waals surface area contributed by atoms with E-state index in [0.29, 0.717) is 22.4 Å². The average Bonchev–Trinajstić information content (AvgIpc) is 2.26. The van der Waals surface area contributed by atoms with Crippen molar-refractivity contribution in [2.75, 3.05) is 19.0 Å². The van der Waals surface area contributed by atoms with Gasteiger partial charge in [-0.2, -0.15) is 11.8 Å². The van der Waals surface area contributed by atoms with Gasteiger partial charge in [0.2, 0.25) is 0 Å². The molecule has 0 spiro atoms. The molecular weight excluding hydrogens is 267 g/mol. The van der Waals surface area contributed by atoms with Crippen molar-refractivity contribution in [2.45, 2.75) is 12.2 Å². The molecule has 0 bridgehead atoms. The smallest absolute Gasteiger partial charge is 0.138 e. The maximum absolute atomic E-state index is 8.83. The second-order valence-electron chi connectivity index (χ2n) is 3.29. The fourth-order valence-electron chi connectivity index (χ4n) is 1.05. The second kappa shape index (κ2) is 7.28. The van der Waals surface area contributed by atoms with Gasteiger partial charge in [0.25, 0.3) is 0 Å². The molecular formula is C11H14Cl2O2S. The summed E-state index contributed by atoms with van der Waals surface area (Å²) in [5, 5.41) is 10.2. The highest BCUT2D eigenvalue weighted by molar-refractivity contribution is 7.99. The van der Waals surface area contributed by atoms with Gasteiger partial charge in [-0.3, -0.25) is 0 Å². The molecule has 1 atom stereocenters. The zero-order chi connectivity index (χ0) is 12.0. The van der Waals surface area contributed by atoms with E-state index in [2.05, 4.69) is 0 Å². The minimum Gasteiger partial charge on any atom is -0.491 e. The standard InChI is InChI=1S/C11H14Cl2O2S/c1-8(7-14)16-5-4-15-11-3-2-9(12)6-10(11)13/h2-3,6,8,14H,4-5,7H2,1H3. The average molecular weight is 281 g/mol. The third kappa shape index (κ3) is 4.83. The van der Waals surface area contributed by atoms with Crippen LogP contribution in [0.3, 0.4) is 0 Å². The van der Waals surface area contributed by atoms with Crippen LogP contribution < -0.4 is 4.74 Å². The number of hydrogen-bond acceptors (Lipinski definition) is 3. The van der Waals surface area contributed by atoms with Crippen molar-refractivity contribution in [1.82, 2.24) is 0 Å². The van der Waals surface area contributed by atoms with Crippen LogP contribution in [0, 0.1) is 0 Å². The molecule has 0 amide bonds. The molecule has 0 heterocycles. The van der Waals surface area contributed by atoms with Crippen LogP contribution >= 0.6 is 35.0 Å². The zero-order valence-electron chi connectivity index (χ0n) is 8.95. The van der Waals surface area contributed by atoms with E-state index in [9.17, 15) is 0 Å². The molecule has 1 N–H and O–H groups in total. The number of hydrogen-bond donors (Lipinski definition) is 1. The van der Waals surface area contributed by atoms with Crippen LogP contribution in [0.5, 0.6) is 5.75 Å². The Morgan fingerprint density at radius 3 is 2.81 bits per heavy atom. The zero-order valence-corrected chi connectivity index (χ0v) is 11.3. The van der Waals surface area contributed by atoms with Crippen molar-refractivity contribution < 1.29 is 9.84 Å². The van der Waals surface area contributed by atoms with E-state index >= 15 is 0 Å². The Bertz CT molecular complexity index is 334. The summed E-state index contributed by atoms with van der Waals surface area (Å²) in [4.78, 5) is 0. The highest BCUT2D eigenvalue weighted by Crippen LogP contribution is 2.27. The number of halogens is 2. The predicted molar refractivity (Wildman–Crippen MR) is 71.0 cm³/mol. The van der Waals surface area contributed by atoms with E-state index in [1.54, 1.807) is 30.0 Å². The van der Waals surface area contributed by atoms with Crippen molar-refractivity contribution in [2.24, 2.45) is 0 Å². The van der Waals surface area contributed by atoms with Crippen molar-refractivity contribution in [3.05, 3.63) is 28.2 Å². The van der Waals surface area contributed by atoms with Crippen molar-refractivity contribution in [3.8, 4) is 5.75 Å². The molecule has 5 heteroatoms. The molecule has 1 aromatic carbocycles. The molecule has 0 saturated heterocycles. The Hall–Kier alpha value is -0.0900. The summed E-state index contributed by atoms with van der Waals surface area (Å²) < 4.78 is 5.49. The van der Waals surface area contributed by atoms with Crippen molar-refractivity contribution in [1.29, 1.82) is 0 Å². The first kappa shape index (κ1) is 14.0. The van der Waals surface area contributed by atoms with Crippen LogP contribution in [0.4, 0.5) is 0 Å². The van der Waals surface area contributed by atoms with Gasteiger partial charge < -0.3 is 9.84 Å². The summed E-state index contributed by atoms with van der Waals surface area (Å²) >= 11 is 13.4. The van der Waals surface area contributed by atoms with Crippen LogP contribution in [-0.2, 0) is 0 Å². The van der Waals surface area contributed by atoms with Gasteiger partial charge in [0.1, 0.15) is 5.75 Å². The Morgan fingerprint density at radius 2 is 2.19 bits per heavy atom. The number of benzene rings is 1. The molecule has 0 radical (unpaired) electrons. The van der Waals surface area contributed by atoms with Crippen LogP contribution in [-0.4, -0.2) is 29.3 Å². The van der Waals surface area contributed by atoms with Gasteiger partial charge in [-0.05, 0) is 18.2 Å². The van der Waals surface area contributed by atoms with Gasteiger partial charge in [0.15, 0.2) is 0 Å². The molecule has 0 aromatic heterocycles. The lowest BCUT2D eigenvalue weighted by Gasteiger charge is -2.10. The van der Waals surface area contributed by atoms with Gasteiger partial charge >= 0.3 is 0 Å². The number of aliphatic hydroxyl groups is 1. The molecule has 2 nitrogen and oxygen atoms in total. The van der Waals surface area contributed by atoms with E-state index in [1.165, 1.54) is 0 Å². The topological polar surface area (TPSA) is 29.5 Å². The maximum atomic E-state index is 8.83. The molecule has 1 rings (SSSR count). The quantitative estimate of drug-likeness (QED) is 0.809. The molecule has 0 aliphatic rings. The molecule has 0 aliphatic heterocycles. The minimum atomic E-state index is 0.187. The number of thioether (sulfide) groups is 1. The lowest BCUT2D eigenvalue weighted by atomic mass is 10.3. The molecule has 1 aromatic rings. The summed E-state index contributed by atoms with van der Waals surface area (Å²) in [6.07, 6.45) is 0. The molecule has 0 fully saturated rings. The van der Waals surface area contributed by atoms with Crippen molar-refractivity contribution in [3.63, 3.8) is 0 Å². The van der Waals surface area contributed by atoms with E-state index in [-0.39, 0.29) is 11.9 Å². The molecule has 1 unspecified atom stereocenters. The van der Waals surface area contributed by atoms with E-state index in [0.717, 1.165) is 5.75 Å². The van der Waals surface area contributed by atoms with Gasteiger partial charge in [0, 0.05) is 16.0 Å². The first-order valence-electron chi connectivity index (χ1n) is 4.94. The normalized spacial score (nSPS) is 12.5. The Balaban J connectivity index is 2.32. The first-order valence-corrected chi connectivity index (χ1v) is 6.74. The number of rotatable bonds is 6. The molecule has 90 valence electrons. The summed E-state index contributed by atoms with van der Waals surface area (Å²) in [5.41, 5.74) is 0. The van der Waals surface area contributed by atoms with Gasteiger partial charge in [0.05, 0.1) is 18.2 Å². The highest BCUT2D eigenvalue weighted by atomic mass is 35.5. The van der Waals surface area contributed by atoms with Crippen LogP contribution in [0.2, 0.25) is 10.0 Å². The maximum Gasteiger partial charge on any atom is 0.138 e. The third-order valence-electron chi connectivity index (χ3n) is 1.89. The molecule has 0 aliphatic carbocycles. The van der Waals surface area contributed by atoms with E-state index < -0.39 is 0 Å². The predicted octanol–water partition coefficient (Wildman–Crippen LogP) is 3.49. The second-order valence-corrected chi connectivity index (χ2v) is 5.68. The van der Waals surface area contributed by atoms with Crippen LogP contribution in [0.1, 0.15) is 6.92 Å². The number of ether oxygens (including phenoxy) is 1. The first-order chi connectivity index (χ1) is 7.63. The summed E-state index contributed by atoms with van der Waals surface area (Å²) in [6.45, 7) is 2.72. The number of aliphatic hydroxyl groups excluding tert-OH is 1. The molecule has 0 saturated carbocycles. The lowest BCUT2D eigenvalue weighted by Crippen LogP contribution is -2.07. The minimum absolute atomic E-state index is 0.187.